The van der Waals surface area contributed by atoms with Crippen LogP contribution in [0.3, 0.4) is 0 Å². The fraction of sp³-hybridized carbons (Fsp3) is 0.217. The molecule has 162 valence electrons. The van der Waals surface area contributed by atoms with Crippen molar-refractivity contribution < 1.29 is 28.5 Å². The number of hydrogen-bond acceptors (Lipinski definition) is 6. The number of rotatable bonds is 10. The van der Waals surface area contributed by atoms with Gasteiger partial charge < -0.3 is 18.9 Å². The Morgan fingerprint density at radius 1 is 1.03 bits per heavy atom. The first-order valence-electron chi connectivity index (χ1n) is 9.25. The van der Waals surface area contributed by atoms with Crippen molar-refractivity contribution in [3.8, 4) is 29.1 Å². The summed E-state index contributed by atoms with van der Waals surface area (Å²) in [6.07, 6.45) is 2.58. The zero-order valence-corrected chi connectivity index (χ0v) is 18.2. The van der Waals surface area contributed by atoms with Crippen LogP contribution in [0.4, 0.5) is 0 Å². The molecule has 0 bridgehead atoms. The predicted octanol–water partition coefficient (Wildman–Crippen LogP) is 4.87. The molecule has 0 fully saturated rings. The van der Waals surface area contributed by atoms with E-state index >= 15 is 0 Å². The number of esters is 1. The Hall–Kier alpha value is -2.98. The quantitative estimate of drug-likeness (QED) is 0.217. The first-order chi connectivity index (χ1) is 15.0. The Bertz CT molecular complexity index is 974. The Morgan fingerprint density at radius 3 is 2.48 bits per heavy atom. The van der Waals surface area contributed by atoms with Gasteiger partial charge in [0.25, 0.3) is 0 Å². The van der Waals surface area contributed by atoms with E-state index in [9.17, 15) is 9.59 Å². The number of hydrogen-bond donors (Lipinski definition) is 0. The predicted molar refractivity (Wildman–Crippen MR) is 118 cm³/mol. The van der Waals surface area contributed by atoms with Crippen molar-refractivity contribution in [3.63, 3.8) is 0 Å². The average molecular weight is 463 g/mol. The van der Waals surface area contributed by atoms with E-state index in [1.165, 1.54) is 12.2 Å². The number of allylic oxidation sites excluding steroid dienone is 1. The molecule has 0 unspecified atom stereocenters. The van der Waals surface area contributed by atoms with E-state index in [2.05, 4.69) is 11.8 Å². The lowest BCUT2D eigenvalue weighted by Crippen LogP contribution is -2.17. The summed E-state index contributed by atoms with van der Waals surface area (Å²) < 4.78 is 21.0. The summed E-state index contributed by atoms with van der Waals surface area (Å²) in [7, 11) is 0. The average Bonchev–Trinajstić information content (AvgIpc) is 2.74. The minimum Gasteiger partial charge on any atom is -0.486 e. The minimum atomic E-state index is -0.460. The third-order valence-corrected chi connectivity index (χ3v) is 4.00. The van der Waals surface area contributed by atoms with Crippen LogP contribution in [0, 0.1) is 11.8 Å². The molecule has 0 saturated carbocycles. The highest BCUT2D eigenvalue weighted by molar-refractivity contribution is 6.35. The molecule has 0 aliphatic carbocycles. The SMILES string of the molecule is CCOC(=O)C=CC#CCOCC(=O)COc1ccc(Oc2ccc(Cl)cc2Cl)cc1. The van der Waals surface area contributed by atoms with Crippen LogP contribution in [-0.4, -0.2) is 38.2 Å². The number of carbonyl (C=O) groups excluding carboxylic acids is 2. The van der Waals surface area contributed by atoms with Gasteiger partial charge in [0.05, 0.1) is 11.6 Å². The first kappa shape index (κ1) is 24.3. The zero-order chi connectivity index (χ0) is 22.5. The van der Waals surface area contributed by atoms with Gasteiger partial charge in [-0.15, -0.1) is 0 Å². The highest BCUT2D eigenvalue weighted by Crippen LogP contribution is 2.32. The van der Waals surface area contributed by atoms with Crippen LogP contribution in [0.2, 0.25) is 10.0 Å². The molecule has 0 heterocycles. The maximum absolute atomic E-state index is 11.8. The summed E-state index contributed by atoms with van der Waals surface area (Å²) in [6.45, 7) is 1.80. The van der Waals surface area contributed by atoms with Gasteiger partial charge in [-0.3, -0.25) is 4.79 Å². The summed E-state index contributed by atoms with van der Waals surface area (Å²) in [5, 5.41) is 0.922. The van der Waals surface area contributed by atoms with Crippen LogP contribution in [0.25, 0.3) is 0 Å². The van der Waals surface area contributed by atoms with Gasteiger partial charge in [-0.1, -0.05) is 35.0 Å². The van der Waals surface area contributed by atoms with Crippen molar-refractivity contribution >= 4 is 35.0 Å². The summed E-state index contributed by atoms with van der Waals surface area (Å²) >= 11 is 11.9. The van der Waals surface area contributed by atoms with Gasteiger partial charge in [0, 0.05) is 11.1 Å². The standard InChI is InChI=1S/C23H20Cl2O6/c1-2-29-23(27)6-4-3-5-13-28-15-18(26)16-30-19-8-10-20(11-9-19)31-22-12-7-17(24)14-21(22)25/h4,6-12,14H,2,13,15-16H2,1H3. The summed E-state index contributed by atoms with van der Waals surface area (Å²) in [5.41, 5.74) is 0. The third kappa shape index (κ3) is 9.58. The van der Waals surface area contributed by atoms with Gasteiger partial charge in [-0.2, -0.15) is 0 Å². The van der Waals surface area contributed by atoms with Crippen LogP contribution < -0.4 is 9.47 Å². The van der Waals surface area contributed by atoms with Crippen LogP contribution >= 0.6 is 23.2 Å². The number of Topliss-reactive ketones (excluding diaryl/α,β-unsaturated/α-hetero) is 1. The molecule has 6 nitrogen and oxygen atoms in total. The molecule has 0 radical (unpaired) electrons. The maximum atomic E-state index is 11.8. The second-order valence-electron chi connectivity index (χ2n) is 5.87. The molecule has 2 aromatic carbocycles. The zero-order valence-electron chi connectivity index (χ0n) is 16.7. The van der Waals surface area contributed by atoms with Crippen molar-refractivity contribution in [1.29, 1.82) is 0 Å². The normalized spacial score (nSPS) is 10.3. The highest BCUT2D eigenvalue weighted by atomic mass is 35.5. The van der Waals surface area contributed by atoms with Crippen molar-refractivity contribution in [2.24, 2.45) is 0 Å². The van der Waals surface area contributed by atoms with Gasteiger partial charge >= 0.3 is 5.97 Å². The molecule has 2 rings (SSSR count). The van der Waals surface area contributed by atoms with E-state index in [-0.39, 0.29) is 25.6 Å². The molecule has 31 heavy (non-hydrogen) atoms. The molecular formula is C23H20Cl2O6. The molecule has 0 saturated heterocycles. The summed E-state index contributed by atoms with van der Waals surface area (Å²) in [6, 6.07) is 11.7. The largest absolute Gasteiger partial charge is 0.486 e. The molecule has 0 atom stereocenters. The molecule has 0 aliphatic rings. The first-order valence-corrected chi connectivity index (χ1v) is 10.0. The lowest BCUT2D eigenvalue weighted by atomic mass is 10.3. The number of halogens is 2. The van der Waals surface area contributed by atoms with Gasteiger partial charge in [0.1, 0.15) is 37.1 Å². The lowest BCUT2D eigenvalue weighted by molar-refractivity contribution is -0.137. The number of ether oxygens (including phenoxy) is 4. The molecule has 0 aromatic heterocycles. The Labute approximate surface area is 190 Å². The second-order valence-corrected chi connectivity index (χ2v) is 6.72. The topological polar surface area (TPSA) is 71.1 Å². The highest BCUT2D eigenvalue weighted by Gasteiger charge is 2.06. The van der Waals surface area contributed by atoms with Crippen LogP contribution in [0.5, 0.6) is 17.2 Å². The fourth-order valence-corrected chi connectivity index (χ4v) is 2.56. The molecular weight excluding hydrogens is 443 g/mol. The lowest BCUT2D eigenvalue weighted by Gasteiger charge is -2.09. The van der Waals surface area contributed by atoms with Crippen LogP contribution in [-0.2, 0) is 19.1 Å². The summed E-state index contributed by atoms with van der Waals surface area (Å²) in [5.74, 6) is 6.11. The van der Waals surface area contributed by atoms with Gasteiger partial charge in [-0.05, 0) is 55.5 Å². The van der Waals surface area contributed by atoms with E-state index in [0.717, 1.165) is 0 Å². The van der Waals surface area contributed by atoms with Crippen molar-refractivity contribution in [2.75, 3.05) is 26.4 Å². The fourth-order valence-electron chi connectivity index (χ4n) is 2.11. The van der Waals surface area contributed by atoms with E-state index in [0.29, 0.717) is 33.9 Å². The Balaban J connectivity index is 1.68. The Morgan fingerprint density at radius 2 is 1.77 bits per heavy atom. The van der Waals surface area contributed by atoms with Crippen LogP contribution in [0.1, 0.15) is 6.92 Å². The smallest absolute Gasteiger partial charge is 0.331 e. The van der Waals surface area contributed by atoms with E-state index in [1.807, 2.05) is 0 Å². The molecule has 0 spiro atoms. The molecule has 0 N–H and O–H groups in total. The number of carbonyl (C=O) groups is 2. The molecule has 0 amide bonds. The summed E-state index contributed by atoms with van der Waals surface area (Å²) in [4.78, 5) is 22.9. The van der Waals surface area contributed by atoms with E-state index in [4.69, 9.17) is 42.1 Å². The van der Waals surface area contributed by atoms with Crippen molar-refractivity contribution in [1.82, 2.24) is 0 Å². The number of benzene rings is 2. The van der Waals surface area contributed by atoms with Crippen LogP contribution in [0.15, 0.2) is 54.6 Å². The number of ketones is 1. The molecule has 0 aliphatic heterocycles. The van der Waals surface area contributed by atoms with Gasteiger partial charge in [0.2, 0.25) is 0 Å². The third-order valence-electron chi connectivity index (χ3n) is 3.47. The second kappa shape index (κ2) is 13.3. The van der Waals surface area contributed by atoms with Crippen molar-refractivity contribution in [3.05, 3.63) is 64.7 Å². The Kier molecular flexibility index (Phi) is 10.5. The maximum Gasteiger partial charge on any atom is 0.331 e. The molecule has 2 aromatic rings. The van der Waals surface area contributed by atoms with E-state index in [1.54, 1.807) is 49.4 Å². The monoisotopic (exact) mass is 462 g/mol. The molecule has 8 heteroatoms. The van der Waals surface area contributed by atoms with Crippen molar-refractivity contribution in [2.45, 2.75) is 6.92 Å². The van der Waals surface area contributed by atoms with Gasteiger partial charge in [-0.25, -0.2) is 4.79 Å². The minimum absolute atomic E-state index is 0.0538. The van der Waals surface area contributed by atoms with E-state index < -0.39 is 5.97 Å². The van der Waals surface area contributed by atoms with Gasteiger partial charge in [0.15, 0.2) is 5.78 Å².